The van der Waals surface area contributed by atoms with Crippen molar-refractivity contribution >= 4 is 39.1 Å². The number of likely N-dealkylation sites (tertiary alicyclic amines) is 1. The van der Waals surface area contributed by atoms with Gasteiger partial charge in [0.15, 0.2) is 6.61 Å². The molecule has 2 aromatic carbocycles. The second kappa shape index (κ2) is 8.62. The smallest absolute Gasteiger partial charge is 0.283 e. The van der Waals surface area contributed by atoms with Crippen molar-refractivity contribution in [3.05, 3.63) is 53.6 Å². The molecule has 148 valence electrons. The molecule has 1 aliphatic heterocycles. The molecule has 0 unspecified atom stereocenters. The number of sulfonamides is 1. The molecule has 0 radical (unpaired) electrons. The maximum atomic E-state index is 12.4. The molecule has 0 spiro atoms. The van der Waals surface area contributed by atoms with E-state index in [4.69, 9.17) is 16.3 Å². The van der Waals surface area contributed by atoms with Gasteiger partial charge in [-0.25, -0.2) is 0 Å². The number of benzene rings is 2. The van der Waals surface area contributed by atoms with Crippen molar-refractivity contribution in [1.82, 2.24) is 4.90 Å². The monoisotopic (exact) mass is 421 g/mol. The highest BCUT2D eigenvalue weighted by molar-refractivity contribution is 7.90. The first kappa shape index (κ1) is 20.2. The normalized spacial score (nSPS) is 15.6. The van der Waals surface area contributed by atoms with E-state index >= 15 is 0 Å². The molecule has 1 amide bonds. The maximum Gasteiger partial charge on any atom is 0.283 e. The lowest BCUT2D eigenvalue weighted by Crippen LogP contribution is -2.21. The highest BCUT2D eigenvalue weighted by Gasteiger charge is 2.20. The van der Waals surface area contributed by atoms with Gasteiger partial charge in [-0.1, -0.05) is 23.7 Å². The number of carbonyl (C=O) groups is 1. The SMILES string of the molecule is CN1CCCC1=NS(=O)(=O)c1ccc(NC(=O)COc2ccccc2Cl)cc1. The minimum atomic E-state index is -3.78. The first-order valence-electron chi connectivity index (χ1n) is 8.67. The lowest BCUT2D eigenvalue weighted by atomic mass is 10.3. The van der Waals surface area contributed by atoms with Gasteiger partial charge in [-0.05, 0) is 42.8 Å². The maximum absolute atomic E-state index is 12.4. The summed E-state index contributed by atoms with van der Waals surface area (Å²) < 4.78 is 34.1. The molecule has 0 aliphatic carbocycles. The Morgan fingerprint density at radius 2 is 1.93 bits per heavy atom. The van der Waals surface area contributed by atoms with Gasteiger partial charge < -0.3 is 15.0 Å². The van der Waals surface area contributed by atoms with Crippen LogP contribution in [0.1, 0.15) is 12.8 Å². The number of nitrogens with one attached hydrogen (secondary N) is 1. The van der Waals surface area contributed by atoms with Gasteiger partial charge in [-0.3, -0.25) is 4.79 Å². The fraction of sp³-hybridized carbons (Fsp3) is 0.263. The predicted octanol–water partition coefficient (Wildman–Crippen LogP) is 3.17. The lowest BCUT2D eigenvalue weighted by Gasteiger charge is -2.11. The van der Waals surface area contributed by atoms with Gasteiger partial charge in [0.25, 0.3) is 15.9 Å². The molecule has 1 saturated heterocycles. The average Bonchev–Trinajstić information content (AvgIpc) is 3.05. The molecule has 2 aromatic rings. The minimum absolute atomic E-state index is 0.0746. The van der Waals surface area contributed by atoms with Crippen LogP contribution in [0.5, 0.6) is 5.75 Å². The third-order valence-electron chi connectivity index (χ3n) is 4.19. The molecule has 9 heteroatoms. The van der Waals surface area contributed by atoms with Crippen LogP contribution in [0, 0.1) is 0 Å². The van der Waals surface area contributed by atoms with E-state index < -0.39 is 10.0 Å². The summed E-state index contributed by atoms with van der Waals surface area (Å²) >= 11 is 5.97. The van der Waals surface area contributed by atoms with Gasteiger partial charge in [0.2, 0.25) is 0 Å². The second-order valence-electron chi connectivity index (χ2n) is 6.30. The molecule has 0 bridgehead atoms. The van der Waals surface area contributed by atoms with E-state index in [2.05, 4.69) is 9.71 Å². The molecule has 1 fully saturated rings. The van der Waals surface area contributed by atoms with Crippen molar-refractivity contribution in [2.45, 2.75) is 17.7 Å². The van der Waals surface area contributed by atoms with Gasteiger partial charge in [0.1, 0.15) is 11.6 Å². The quantitative estimate of drug-likeness (QED) is 0.773. The summed E-state index contributed by atoms with van der Waals surface area (Å²) in [6, 6.07) is 12.7. The van der Waals surface area contributed by atoms with Crippen molar-refractivity contribution in [2.24, 2.45) is 4.40 Å². The highest BCUT2D eigenvalue weighted by Crippen LogP contribution is 2.23. The Hall–Kier alpha value is -2.58. The Morgan fingerprint density at radius 1 is 1.21 bits per heavy atom. The molecule has 0 saturated carbocycles. The first-order valence-corrected chi connectivity index (χ1v) is 10.5. The van der Waals surface area contributed by atoms with E-state index in [-0.39, 0.29) is 17.4 Å². The number of ether oxygens (including phenoxy) is 1. The van der Waals surface area contributed by atoms with Crippen LogP contribution >= 0.6 is 11.6 Å². The molecule has 0 atom stereocenters. The average molecular weight is 422 g/mol. The number of para-hydroxylation sites is 1. The van der Waals surface area contributed by atoms with Gasteiger partial charge >= 0.3 is 0 Å². The molecule has 1 N–H and O–H groups in total. The number of hydrogen-bond donors (Lipinski definition) is 1. The largest absolute Gasteiger partial charge is 0.482 e. The number of anilines is 1. The van der Waals surface area contributed by atoms with Gasteiger partial charge in [0, 0.05) is 25.7 Å². The number of amides is 1. The zero-order chi connectivity index (χ0) is 20.1. The predicted molar refractivity (Wildman–Crippen MR) is 109 cm³/mol. The van der Waals surface area contributed by atoms with Crippen LogP contribution < -0.4 is 10.1 Å². The number of hydrogen-bond acceptors (Lipinski definition) is 4. The number of nitrogens with zero attached hydrogens (tertiary/aromatic N) is 2. The zero-order valence-corrected chi connectivity index (χ0v) is 16.8. The summed E-state index contributed by atoms with van der Waals surface area (Å²) in [7, 11) is -1.95. The van der Waals surface area contributed by atoms with Crippen LogP contribution in [0.15, 0.2) is 57.8 Å². The number of rotatable bonds is 6. The molecule has 1 heterocycles. The summed E-state index contributed by atoms with van der Waals surface area (Å²) in [5, 5.41) is 3.06. The topological polar surface area (TPSA) is 88.1 Å². The summed E-state index contributed by atoms with van der Waals surface area (Å²) in [5.41, 5.74) is 0.456. The van der Waals surface area contributed by atoms with Gasteiger partial charge in [0.05, 0.1) is 9.92 Å². The molecule has 3 rings (SSSR count). The summed E-state index contributed by atoms with van der Waals surface area (Å²) in [4.78, 5) is 13.9. The highest BCUT2D eigenvalue weighted by atomic mass is 35.5. The Kier molecular flexibility index (Phi) is 6.21. The fourth-order valence-corrected chi connectivity index (χ4v) is 4.00. The van der Waals surface area contributed by atoms with Crippen LogP contribution in [-0.4, -0.2) is 45.3 Å². The molecule has 7 nitrogen and oxygen atoms in total. The number of halogens is 1. The van der Waals surface area contributed by atoms with Crippen LogP contribution in [0.4, 0.5) is 5.69 Å². The zero-order valence-electron chi connectivity index (χ0n) is 15.3. The van der Waals surface area contributed by atoms with Crippen LogP contribution in [-0.2, 0) is 14.8 Å². The Bertz CT molecular complexity index is 990. The van der Waals surface area contributed by atoms with Crippen LogP contribution in [0.2, 0.25) is 5.02 Å². The third kappa shape index (κ3) is 5.02. The first-order chi connectivity index (χ1) is 13.3. The second-order valence-corrected chi connectivity index (χ2v) is 8.31. The van der Waals surface area contributed by atoms with E-state index in [1.165, 1.54) is 24.3 Å². The van der Waals surface area contributed by atoms with Crippen molar-refractivity contribution in [3.8, 4) is 5.75 Å². The van der Waals surface area contributed by atoms with Crippen molar-refractivity contribution in [1.29, 1.82) is 0 Å². The van der Waals surface area contributed by atoms with E-state index in [9.17, 15) is 13.2 Å². The summed E-state index contributed by atoms with van der Waals surface area (Å²) in [5.74, 6) is 0.592. The molecule has 1 aliphatic rings. The van der Waals surface area contributed by atoms with E-state index in [0.29, 0.717) is 28.7 Å². The van der Waals surface area contributed by atoms with Gasteiger partial charge in [-0.15, -0.1) is 4.40 Å². The molecule has 28 heavy (non-hydrogen) atoms. The number of carbonyl (C=O) groups excluding carboxylic acids is 1. The summed E-state index contributed by atoms with van der Waals surface area (Å²) in [6.07, 6.45) is 1.54. The Labute approximate surface area is 169 Å². The van der Waals surface area contributed by atoms with Crippen LogP contribution in [0.3, 0.4) is 0 Å². The van der Waals surface area contributed by atoms with Crippen molar-refractivity contribution in [3.63, 3.8) is 0 Å². The Morgan fingerprint density at radius 3 is 2.57 bits per heavy atom. The van der Waals surface area contributed by atoms with Crippen LogP contribution in [0.25, 0.3) is 0 Å². The molecule has 0 aromatic heterocycles. The van der Waals surface area contributed by atoms with Crippen molar-refractivity contribution in [2.75, 3.05) is 25.5 Å². The minimum Gasteiger partial charge on any atom is -0.482 e. The fourth-order valence-electron chi connectivity index (χ4n) is 2.71. The van der Waals surface area contributed by atoms with E-state index in [0.717, 1.165) is 13.0 Å². The summed E-state index contributed by atoms with van der Waals surface area (Å²) in [6.45, 7) is 0.583. The third-order valence-corrected chi connectivity index (χ3v) is 5.82. The standard InChI is InChI=1S/C19H20ClN3O4S/c1-23-12-4-7-18(23)22-28(25,26)15-10-8-14(9-11-15)21-19(24)13-27-17-6-3-2-5-16(17)20/h2-3,5-6,8-11H,4,7,12-13H2,1H3,(H,21,24). The lowest BCUT2D eigenvalue weighted by molar-refractivity contribution is -0.118. The van der Waals surface area contributed by atoms with Crippen molar-refractivity contribution < 1.29 is 17.9 Å². The van der Waals surface area contributed by atoms with Gasteiger partial charge in [-0.2, -0.15) is 8.42 Å². The Balaban J connectivity index is 1.61. The van der Waals surface area contributed by atoms with E-state index in [1.807, 2.05) is 11.9 Å². The number of amidine groups is 1. The molecular formula is C19H20ClN3O4S. The molecular weight excluding hydrogens is 402 g/mol. The van der Waals surface area contributed by atoms with E-state index in [1.54, 1.807) is 24.3 Å².